The zero-order valence-electron chi connectivity index (χ0n) is 10.3. The maximum atomic E-state index is 11.4. The number of aliphatic hydroxyl groups excluding tert-OH is 1. The van der Waals surface area contributed by atoms with E-state index in [0.717, 1.165) is 0 Å². The average Bonchev–Trinajstić information content (AvgIpc) is 2.46. The fourth-order valence-electron chi connectivity index (χ4n) is 1.98. The lowest BCUT2D eigenvalue weighted by Crippen LogP contribution is -2.39. The number of methoxy groups -OCH3 is 1. The maximum Gasteiger partial charge on any atom is 0.337 e. The van der Waals surface area contributed by atoms with Crippen LogP contribution in [0.15, 0.2) is 24.3 Å². The second-order valence-electron chi connectivity index (χ2n) is 4.14. The zero-order valence-corrected chi connectivity index (χ0v) is 10.3. The smallest absolute Gasteiger partial charge is 0.337 e. The number of esters is 1. The first-order valence-corrected chi connectivity index (χ1v) is 5.90. The number of nitrogens with zero attached hydrogens (tertiary/aromatic N) is 1. The van der Waals surface area contributed by atoms with E-state index in [2.05, 4.69) is 4.74 Å². The molecule has 5 heteroatoms. The van der Waals surface area contributed by atoms with E-state index >= 15 is 0 Å². The number of carbonyl (C=O) groups excluding carboxylic acids is 1. The fraction of sp³-hybridized carbons (Fsp3) is 0.462. The molecule has 1 fully saturated rings. The lowest BCUT2D eigenvalue weighted by molar-refractivity contribution is -0.0603. The van der Waals surface area contributed by atoms with Crippen LogP contribution in [0.1, 0.15) is 22.1 Å². The molecule has 5 nitrogen and oxygen atoms in total. The van der Waals surface area contributed by atoms with Crippen molar-refractivity contribution in [1.29, 1.82) is 0 Å². The lowest BCUT2D eigenvalue weighted by atomic mass is 10.1. The van der Waals surface area contributed by atoms with E-state index in [1.807, 2.05) is 4.90 Å². The minimum Gasteiger partial charge on any atom is -0.465 e. The first kappa shape index (κ1) is 13.0. The van der Waals surface area contributed by atoms with Gasteiger partial charge in [0.15, 0.2) is 0 Å². The number of rotatable bonds is 3. The van der Waals surface area contributed by atoms with E-state index < -0.39 is 12.2 Å². The first-order chi connectivity index (χ1) is 8.72. The van der Waals surface area contributed by atoms with Crippen LogP contribution >= 0.6 is 0 Å². The molecule has 0 saturated carbocycles. The van der Waals surface area contributed by atoms with Crippen LogP contribution < -0.4 is 0 Å². The summed E-state index contributed by atoms with van der Waals surface area (Å²) in [5.74, 6) is -0.397. The molecule has 1 aliphatic heterocycles. The van der Waals surface area contributed by atoms with Gasteiger partial charge in [0.2, 0.25) is 0 Å². The van der Waals surface area contributed by atoms with Crippen LogP contribution in [-0.2, 0) is 9.47 Å². The molecule has 2 rings (SSSR count). The van der Waals surface area contributed by atoms with Crippen molar-refractivity contribution >= 4 is 5.97 Å². The highest BCUT2D eigenvalue weighted by atomic mass is 16.5. The van der Waals surface area contributed by atoms with Gasteiger partial charge in [-0.15, -0.1) is 0 Å². The van der Waals surface area contributed by atoms with E-state index in [1.165, 1.54) is 7.11 Å². The summed E-state index contributed by atoms with van der Waals surface area (Å²) in [6.07, 6.45) is -0.710. The fourth-order valence-corrected chi connectivity index (χ4v) is 1.98. The molecule has 0 amide bonds. The molecule has 1 N–H and O–H groups in total. The van der Waals surface area contributed by atoms with Crippen molar-refractivity contribution in [2.24, 2.45) is 0 Å². The van der Waals surface area contributed by atoms with Crippen molar-refractivity contribution in [3.8, 4) is 0 Å². The van der Waals surface area contributed by atoms with E-state index in [-0.39, 0.29) is 0 Å². The third-order valence-electron chi connectivity index (χ3n) is 3.00. The van der Waals surface area contributed by atoms with Gasteiger partial charge in [0.05, 0.1) is 25.9 Å². The van der Waals surface area contributed by atoms with E-state index in [1.54, 1.807) is 24.3 Å². The highest BCUT2D eigenvalue weighted by Gasteiger charge is 2.20. The normalized spacial score (nSPS) is 18.3. The van der Waals surface area contributed by atoms with Gasteiger partial charge in [-0.1, -0.05) is 12.1 Å². The number of ether oxygens (including phenoxy) is 2. The molecule has 0 aromatic heterocycles. The molecule has 98 valence electrons. The summed E-state index contributed by atoms with van der Waals surface area (Å²) in [7, 11) is 1.34. The van der Waals surface area contributed by atoms with Crippen molar-refractivity contribution < 1.29 is 19.4 Å². The molecule has 0 radical (unpaired) electrons. The molecule has 1 aromatic rings. The van der Waals surface area contributed by atoms with Gasteiger partial charge in [-0.05, 0) is 17.7 Å². The molecular weight excluding hydrogens is 234 g/mol. The van der Waals surface area contributed by atoms with Gasteiger partial charge < -0.3 is 14.6 Å². The Hall–Kier alpha value is -1.43. The third-order valence-corrected chi connectivity index (χ3v) is 3.00. The number of hydrogen-bond donors (Lipinski definition) is 1. The Bertz CT molecular complexity index is 415. The van der Waals surface area contributed by atoms with Crippen LogP contribution in [0, 0.1) is 0 Å². The molecule has 1 heterocycles. The Balaban J connectivity index is 2.14. The predicted octanol–water partition coefficient (Wildman–Crippen LogP) is 0.796. The summed E-state index contributed by atoms with van der Waals surface area (Å²) in [4.78, 5) is 13.3. The summed E-state index contributed by atoms with van der Waals surface area (Å²) in [5.41, 5.74) is 1.14. The Morgan fingerprint density at radius 1 is 1.44 bits per heavy atom. The van der Waals surface area contributed by atoms with Gasteiger partial charge in [-0.3, -0.25) is 4.90 Å². The monoisotopic (exact) mass is 251 g/mol. The Morgan fingerprint density at radius 3 is 2.83 bits per heavy atom. The number of aliphatic hydroxyl groups is 1. The molecule has 1 unspecified atom stereocenters. The van der Waals surface area contributed by atoms with Crippen molar-refractivity contribution in [2.45, 2.75) is 6.23 Å². The quantitative estimate of drug-likeness (QED) is 0.805. The van der Waals surface area contributed by atoms with E-state index in [4.69, 9.17) is 4.74 Å². The number of benzene rings is 1. The van der Waals surface area contributed by atoms with Gasteiger partial charge >= 0.3 is 5.97 Å². The second-order valence-corrected chi connectivity index (χ2v) is 4.14. The molecule has 1 aromatic carbocycles. The highest BCUT2D eigenvalue weighted by Crippen LogP contribution is 2.20. The number of hydrogen-bond acceptors (Lipinski definition) is 5. The Kier molecular flexibility index (Phi) is 4.30. The van der Waals surface area contributed by atoms with Crippen molar-refractivity contribution in [2.75, 3.05) is 33.4 Å². The molecule has 0 aliphatic carbocycles. The largest absolute Gasteiger partial charge is 0.465 e. The van der Waals surface area contributed by atoms with Crippen LogP contribution in [0.4, 0.5) is 0 Å². The molecule has 1 aliphatic rings. The van der Waals surface area contributed by atoms with Gasteiger partial charge in [-0.2, -0.15) is 0 Å². The first-order valence-electron chi connectivity index (χ1n) is 5.90. The predicted molar refractivity (Wildman–Crippen MR) is 65.1 cm³/mol. The number of carbonyl (C=O) groups is 1. The molecule has 1 saturated heterocycles. The van der Waals surface area contributed by atoms with E-state index in [0.29, 0.717) is 37.4 Å². The van der Waals surface area contributed by atoms with Crippen LogP contribution in [0.5, 0.6) is 0 Å². The standard InChI is InChI=1S/C13H17NO4/c1-17-13(16)11-4-2-3-10(9-11)12(15)14-5-7-18-8-6-14/h2-4,9,12,15H,5-8H2,1H3. The summed E-state index contributed by atoms with van der Waals surface area (Å²) in [6, 6.07) is 6.87. The van der Waals surface area contributed by atoms with Gasteiger partial charge in [0.25, 0.3) is 0 Å². The number of morpholine rings is 1. The molecule has 0 bridgehead atoms. The summed E-state index contributed by atoms with van der Waals surface area (Å²) in [6.45, 7) is 2.61. The van der Waals surface area contributed by atoms with E-state index in [9.17, 15) is 9.90 Å². The Morgan fingerprint density at radius 2 is 2.17 bits per heavy atom. The molecule has 0 spiro atoms. The van der Waals surface area contributed by atoms with Gasteiger partial charge in [0, 0.05) is 13.1 Å². The minimum atomic E-state index is -0.710. The maximum absolute atomic E-state index is 11.4. The van der Waals surface area contributed by atoms with Crippen molar-refractivity contribution in [3.05, 3.63) is 35.4 Å². The van der Waals surface area contributed by atoms with Crippen LogP contribution in [-0.4, -0.2) is 49.4 Å². The zero-order chi connectivity index (χ0) is 13.0. The SMILES string of the molecule is COC(=O)c1cccc(C(O)N2CCOCC2)c1. The van der Waals surface area contributed by atoms with Gasteiger partial charge in [0.1, 0.15) is 6.23 Å². The Labute approximate surface area is 106 Å². The van der Waals surface area contributed by atoms with Crippen LogP contribution in [0.3, 0.4) is 0 Å². The third kappa shape index (κ3) is 2.87. The highest BCUT2D eigenvalue weighted by molar-refractivity contribution is 5.89. The molecular formula is C13H17NO4. The van der Waals surface area contributed by atoms with Gasteiger partial charge in [-0.25, -0.2) is 4.79 Å². The van der Waals surface area contributed by atoms with Crippen LogP contribution in [0.25, 0.3) is 0 Å². The minimum absolute atomic E-state index is 0.397. The summed E-state index contributed by atoms with van der Waals surface area (Å²) < 4.78 is 9.90. The van der Waals surface area contributed by atoms with Crippen molar-refractivity contribution in [1.82, 2.24) is 4.90 Å². The lowest BCUT2D eigenvalue weighted by Gasteiger charge is -2.31. The second kappa shape index (κ2) is 5.95. The topological polar surface area (TPSA) is 59.0 Å². The average molecular weight is 251 g/mol. The van der Waals surface area contributed by atoms with Crippen molar-refractivity contribution in [3.63, 3.8) is 0 Å². The summed E-state index contributed by atoms with van der Waals surface area (Å²) >= 11 is 0. The summed E-state index contributed by atoms with van der Waals surface area (Å²) in [5, 5.41) is 10.2. The molecule has 1 atom stereocenters. The molecule has 18 heavy (non-hydrogen) atoms. The van der Waals surface area contributed by atoms with Crippen LogP contribution in [0.2, 0.25) is 0 Å².